The summed E-state index contributed by atoms with van der Waals surface area (Å²) >= 11 is 19.1. The van der Waals surface area contributed by atoms with Gasteiger partial charge in [-0.05, 0) is 150 Å². The Hall–Kier alpha value is -4.56. The zero-order valence-corrected chi connectivity index (χ0v) is 47.4. The van der Waals surface area contributed by atoms with Gasteiger partial charge in [0, 0.05) is 36.0 Å². The fourth-order valence-electron chi connectivity index (χ4n) is 11.6. The Bertz CT molecular complexity index is 2480. The molecule has 0 bridgehead atoms. The van der Waals surface area contributed by atoms with Gasteiger partial charge in [0.15, 0.2) is 0 Å². The number of carboxylic acid groups (broad SMARTS) is 1. The van der Waals surface area contributed by atoms with Gasteiger partial charge in [-0.3, -0.25) is 4.79 Å². The minimum Gasteiger partial charge on any atom is -0.496 e. The average Bonchev–Trinajstić information content (AvgIpc) is 4.06. The van der Waals surface area contributed by atoms with Crippen molar-refractivity contribution < 1.29 is 62.3 Å². The molecular weight excluding hydrogens is 1030 g/mol. The largest absolute Gasteiger partial charge is 0.496 e. The van der Waals surface area contributed by atoms with Crippen molar-refractivity contribution in [3.8, 4) is 17.2 Å². The zero-order valence-electron chi connectivity index (χ0n) is 44.4. The number of aldehydes is 1. The number of cyclic esters (lactones) is 3. The third kappa shape index (κ3) is 13.2. The minimum absolute atomic E-state index is 0.0600. The number of carbonyl (C=O) groups is 6. The normalized spacial score (nSPS) is 24.1. The van der Waals surface area contributed by atoms with Crippen molar-refractivity contribution in [1.29, 1.82) is 0 Å². The standard InChI is InChI=1S/C19H24O4.C18H22O5.C18H22O4.2CH2Cl2/c1-11-7-13-15(9-19(11,3)6-5-12(2)20)16-10-23-18(21)14(16)8-17(13)22-4;1-10-6-11-13(8-18(10,2)5-4-16(19)20)14-9-23-17(21)12(14)7-15(11)22-3;1-11-7-12-14(9-18(11,2)5-4-6-19)15-10-22-17(20)13(15)8-16(12)21-3;2*2-1-3/h8,11H,5-7,9-10H2,1-4H3;7,10H,4-6,8-9H2,1-3H3,(H,19,20);6,8,11H,4-5,7,9-10H2,1-3H3;2*1H2/t11-,19+;10-,18+;11-,18+;;/m000../s1. The molecule has 9 rings (SSSR count). The van der Waals surface area contributed by atoms with Crippen LogP contribution < -0.4 is 14.2 Å². The fraction of sp³-hybridized carbons (Fsp3) is 0.579. The van der Waals surface area contributed by atoms with Crippen LogP contribution in [0.1, 0.15) is 168 Å². The van der Waals surface area contributed by atoms with Crippen LogP contribution in [0.4, 0.5) is 0 Å². The number of benzene rings is 3. The monoisotopic (exact) mass is 1100 g/mol. The first kappa shape index (κ1) is 60.3. The summed E-state index contributed by atoms with van der Waals surface area (Å²) in [5.74, 6) is 2.24. The van der Waals surface area contributed by atoms with Crippen LogP contribution in [-0.2, 0) is 86.9 Å². The molecule has 74 heavy (non-hydrogen) atoms. The van der Waals surface area contributed by atoms with Crippen molar-refractivity contribution >= 4 is 82.4 Å². The molecule has 0 fully saturated rings. The van der Waals surface area contributed by atoms with Crippen LogP contribution in [0.2, 0.25) is 0 Å². The Kier molecular flexibility index (Phi) is 21.2. The van der Waals surface area contributed by atoms with E-state index in [-0.39, 0.29) is 57.0 Å². The number of methoxy groups -OCH3 is 3. The molecule has 0 unspecified atom stereocenters. The van der Waals surface area contributed by atoms with Gasteiger partial charge in [-0.1, -0.05) is 41.5 Å². The molecule has 3 heterocycles. The zero-order chi connectivity index (χ0) is 54.9. The Labute approximate surface area is 455 Å². The summed E-state index contributed by atoms with van der Waals surface area (Å²) in [5, 5.41) is 9.42. The van der Waals surface area contributed by atoms with Gasteiger partial charge in [0.25, 0.3) is 0 Å². The lowest BCUT2D eigenvalue weighted by Crippen LogP contribution is -2.35. The van der Waals surface area contributed by atoms with E-state index in [1.807, 2.05) is 12.1 Å². The summed E-state index contributed by atoms with van der Waals surface area (Å²) in [4.78, 5) is 68.9. The number of rotatable bonds is 12. The molecule has 1 N–H and O–H groups in total. The molecule has 6 aliphatic rings. The molecule has 3 aromatic carbocycles. The number of esters is 3. The fourth-order valence-corrected chi connectivity index (χ4v) is 11.6. The predicted molar refractivity (Wildman–Crippen MR) is 286 cm³/mol. The highest BCUT2D eigenvalue weighted by Gasteiger charge is 2.44. The first-order valence-corrected chi connectivity index (χ1v) is 27.2. The van der Waals surface area contributed by atoms with E-state index in [9.17, 15) is 28.8 Å². The van der Waals surface area contributed by atoms with E-state index in [0.29, 0.717) is 73.5 Å². The average molecular weight is 1110 g/mol. The van der Waals surface area contributed by atoms with Crippen LogP contribution >= 0.6 is 46.4 Å². The van der Waals surface area contributed by atoms with Gasteiger partial charge in [0.2, 0.25) is 0 Å². The number of alkyl halides is 4. The lowest BCUT2D eigenvalue weighted by atomic mass is 9.63. The number of carboxylic acids is 1. The van der Waals surface area contributed by atoms with Crippen LogP contribution in [0.15, 0.2) is 18.2 Å². The summed E-state index contributed by atoms with van der Waals surface area (Å²) in [7, 11) is 4.91. The Morgan fingerprint density at radius 2 is 0.865 bits per heavy atom. The van der Waals surface area contributed by atoms with Crippen molar-refractivity contribution in [2.75, 3.05) is 32.0 Å². The molecule has 3 aromatic rings. The molecule has 0 radical (unpaired) electrons. The number of Topliss-reactive ketones (excluding diaryl/α,β-unsaturated/α-hetero) is 1. The topological polar surface area (TPSA) is 178 Å². The molecule has 406 valence electrons. The highest BCUT2D eigenvalue weighted by Crippen LogP contribution is 2.51. The SMILES string of the molecule is COc1cc2c(c3c1C[C@H](C)[C@](C)(CCC(=O)O)C3)COC2=O.COc1cc2c(c3c1C[C@H](C)[C@](C)(CCC(C)=O)C3)COC2=O.COc1cc2c(c3c1C[C@H](C)[C@](C)(CCC=O)C3)COC2=O.ClCCl.ClCCl. The predicted octanol–water partition coefficient (Wildman–Crippen LogP) is 12.4. The van der Waals surface area contributed by atoms with E-state index in [0.717, 1.165) is 103 Å². The van der Waals surface area contributed by atoms with E-state index in [4.69, 9.17) is 79.9 Å². The third-order valence-corrected chi connectivity index (χ3v) is 16.9. The van der Waals surface area contributed by atoms with E-state index in [1.54, 1.807) is 34.3 Å². The van der Waals surface area contributed by atoms with Crippen LogP contribution in [0.3, 0.4) is 0 Å². The van der Waals surface area contributed by atoms with Gasteiger partial charge < -0.3 is 43.1 Å². The smallest absolute Gasteiger partial charge is 0.339 e. The number of aliphatic carboxylic acids is 1. The number of ether oxygens (including phenoxy) is 6. The summed E-state index contributed by atoms with van der Waals surface area (Å²) < 4.78 is 32.2. The highest BCUT2D eigenvalue weighted by atomic mass is 35.5. The molecule has 13 nitrogen and oxygen atoms in total. The van der Waals surface area contributed by atoms with Gasteiger partial charge in [0.1, 0.15) is 49.1 Å². The van der Waals surface area contributed by atoms with Gasteiger partial charge in [-0.15, -0.1) is 46.4 Å². The number of ketones is 1. The molecule has 0 saturated heterocycles. The number of hydrogen-bond acceptors (Lipinski definition) is 12. The molecule has 0 spiro atoms. The molecule has 0 amide bonds. The summed E-state index contributed by atoms with van der Waals surface area (Å²) in [5.41, 5.74) is 12.0. The number of fused-ring (bicyclic) bond motifs is 9. The van der Waals surface area contributed by atoms with Crippen molar-refractivity contribution in [2.24, 2.45) is 34.0 Å². The highest BCUT2D eigenvalue weighted by molar-refractivity contribution is 6.41. The van der Waals surface area contributed by atoms with Crippen molar-refractivity contribution in [2.45, 2.75) is 145 Å². The van der Waals surface area contributed by atoms with Crippen LogP contribution in [0, 0.1) is 34.0 Å². The van der Waals surface area contributed by atoms with Gasteiger partial charge >= 0.3 is 23.9 Å². The Balaban J connectivity index is 0.000000195. The first-order chi connectivity index (χ1) is 35.0. The van der Waals surface area contributed by atoms with Gasteiger partial charge in [0.05, 0.1) is 48.7 Å². The molecule has 6 atom stereocenters. The van der Waals surface area contributed by atoms with Crippen molar-refractivity contribution in [1.82, 2.24) is 0 Å². The molecule has 0 aromatic heterocycles. The second-order valence-corrected chi connectivity index (χ2v) is 22.8. The summed E-state index contributed by atoms with van der Waals surface area (Å²) in [6.45, 7) is 16.0. The maximum atomic E-state index is 11.9. The lowest BCUT2D eigenvalue weighted by Gasteiger charge is -2.42. The van der Waals surface area contributed by atoms with Crippen molar-refractivity contribution in [3.63, 3.8) is 0 Å². The van der Waals surface area contributed by atoms with Crippen LogP contribution in [0.5, 0.6) is 17.2 Å². The van der Waals surface area contributed by atoms with Crippen LogP contribution in [-0.4, -0.2) is 73.1 Å². The molecule has 0 saturated carbocycles. The molecule has 3 aliphatic carbocycles. The number of carbonyl (C=O) groups excluding carboxylic acids is 5. The number of halogens is 4. The van der Waals surface area contributed by atoms with Gasteiger partial charge in [-0.25, -0.2) is 14.4 Å². The first-order valence-electron chi connectivity index (χ1n) is 25.1. The Morgan fingerprint density at radius 1 is 0.568 bits per heavy atom. The van der Waals surface area contributed by atoms with Crippen LogP contribution in [0.25, 0.3) is 0 Å². The third-order valence-electron chi connectivity index (χ3n) is 16.9. The molecule has 3 aliphatic heterocycles. The summed E-state index contributed by atoms with van der Waals surface area (Å²) in [6, 6.07) is 5.44. The molecular formula is C57H72Cl4O13. The van der Waals surface area contributed by atoms with E-state index in [2.05, 4.69) is 41.5 Å². The van der Waals surface area contributed by atoms with Gasteiger partial charge in [-0.2, -0.15) is 0 Å². The van der Waals surface area contributed by atoms with E-state index >= 15 is 0 Å². The lowest BCUT2D eigenvalue weighted by molar-refractivity contribution is -0.138. The quantitative estimate of drug-likeness (QED) is 0.0785. The van der Waals surface area contributed by atoms with E-state index in [1.165, 1.54) is 22.3 Å². The minimum atomic E-state index is -0.765. The second-order valence-electron chi connectivity index (χ2n) is 21.2. The number of hydrogen-bond donors (Lipinski definition) is 1. The maximum absolute atomic E-state index is 11.9. The Morgan fingerprint density at radius 3 is 1.14 bits per heavy atom. The van der Waals surface area contributed by atoms with Crippen molar-refractivity contribution in [3.05, 3.63) is 85.0 Å². The second kappa shape index (κ2) is 26.0. The van der Waals surface area contributed by atoms with E-state index < -0.39 is 5.97 Å². The summed E-state index contributed by atoms with van der Waals surface area (Å²) in [6.07, 6.45) is 9.88. The molecule has 17 heteroatoms. The maximum Gasteiger partial charge on any atom is 0.339 e.